The van der Waals surface area contributed by atoms with Crippen molar-refractivity contribution in [3.63, 3.8) is 0 Å². The molecule has 0 bridgehead atoms. The summed E-state index contributed by atoms with van der Waals surface area (Å²) in [6.07, 6.45) is 6.07. The van der Waals surface area contributed by atoms with Crippen molar-refractivity contribution in [2.24, 2.45) is 0 Å². The number of hydrogen-bond donors (Lipinski definition) is 0. The second kappa shape index (κ2) is 7.86. The van der Waals surface area contributed by atoms with E-state index in [1.165, 1.54) is 33.0 Å². The van der Waals surface area contributed by atoms with E-state index in [0.717, 1.165) is 24.0 Å². The highest BCUT2D eigenvalue weighted by Gasteiger charge is 2.12. The summed E-state index contributed by atoms with van der Waals surface area (Å²) in [5.41, 5.74) is 7.38. The first-order valence-electron chi connectivity index (χ1n) is 10.9. The Morgan fingerprint density at radius 2 is 1.25 bits per heavy atom. The third kappa shape index (κ3) is 3.48. The molecule has 3 nitrogen and oxygen atoms in total. The van der Waals surface area contributed by atoms with E-state index in [9.17, 15) is 0 Å². The molecule has 4 aromatic carbocycles. The molecule has 0 atom stereocenters. The Kier molecular flexibility index (Phi) is 4.58. The van der Waals surface area contributed by atoms with Crippen LogP contribution in [-0.4, -0.2) is 15.0 Å². The number of aromatic nitrogens is 3. The minimum Gasteiger partial charge on any atom is -0.217 e. The molecule has 3 heteroatoms. The third-order valence-corrected chi connectivity index (χ3v) is 6.14. The van der Waals surface area contributed by atoms with Gasteiger partial charge < -0.3 is 0 Å². The molecule has 32 heavy (non-hydrogen) atoms. The molecule has 0 saturated heterocycles. The molecule has 0 N–H and O–H groups in total. The SMILES string of the molecule is C1=C(c2ccc(-c3ncnc(-c4ccc5ccccc5c4)n3)cc2)CCc2ccccc21. The number of nitrogens with zero attached hydrogens (tertiary/aromatic N) is 3. The van der Waals surface area contributed by atoms with E-state index in [-0.39, 0.29) is 0 Å². The average molecular weight is 412 g/mol. The maximum absolute atomic E-state index is 4.76. The second-order valence-corrected chi connectivity index (χ2v) is 8.14. The second-order valence-electron chi connectivity index (χ2n) is 8.14. The molecule has 1 heterocycles. The van der Waals surface area contributed by atoms with E-state index in [1.54, 1.807) is 6.33 Å². The van der Waals surface area contributed by atoms with E-state index in [0.29, 0.717) is 11.6 Å². The van der Waals surface area contributed by atoms with Crippen molar-refractivity contribution in [3.05, 3.63) is 114 Å². The molecule has 0 radical (unpaired) electrons. The zero-order valence-corrected chi connectivity index (χ0v) is 17.6. The molecule has 0 unspecified atom stereocenters. The zero-order chi connectivity index (χ0) is 21.3. The molecular formula is C29H21N3. The highest BCUT2D eigenvalue weighted by Crippen LogP contribution is 2.31. The lowest BCUT2D eigenvalue weighted by Crippen LogP contribution is -1.99. The Morgan fingerprint density at radius 3 is 2.12 bits per heavy atom. The van der Waals surface area contributed by atoms with E-state index < -0.39 is 0 Å². The summed E-state index contributed by atoms with van der Waals surface area (Å²) in [7, 11) is 0. The van der Waals surface area contributed by atoms with Gasteiger partial charge in [0.2, 0.25) is 0 Å². The fourth-order valence-electron chi connectivity index (χ4n) is 4.40. The molecule has 0 spiro atoms. The van der Waals surface area contributed by atoms with E-state index in [2.05, 4.69) is 101 Å². The summed E-state index contributed by atoms with van der Waals surface area (Å²) >= 11 is 0. The monoisotopic (exact) mass is 411 g/mol. The smallest absolute Gasteiger partial charge is 0.163 e. The Labute approximate surface area is 187 Å². The minimum absolute atomic E-state index is 0.691. The van der Waals surface area contributed by atoms with Crippen molar-refractivity contribution >= 4 is 22.4 Å². The molecule has 5 aromatic rings. The summed E-state index contributed by atoms with van der Waals surface area (Å²) in [4.78, 5) is 13.6. The number of hydrogen-bond acceptors (Lipinski definition) is 3. The number of fused-ring (bicyclic) bond motifs is 2. The molecule has 0 saturated carbocycles. The van der Waals surface area contributed by atoms with Crippen molar-refractivity contribution in [2.45, 2.75) is 12.8 Å². The van der Waals surface area contributed by atoms with Gasteiger partial charge in [0.05, 0.1) is 0 Å². The quantitative estimate of drug-likeness (QED) is 0.326. The fourth-order valence-corrected chi connectivity index (χ4v) is 4.40. The predicted octanol–water partition coefficient (Wildman–Crippen LogP) is 6.85. The van der Waals surface area contributed by atoms with E-state index in [4.69, 9.17) is 4.98 Å². The van der Waals surface area contributed by atoms with Crippen LogP contribution in [0.1, 0.15) is 23.1 Å². The first kappa shape index (κ1) is 18.6. The van der Waals surface area contributed by atoms with Crippen LogP contribution in [0, 0.1) is 0 Å². The summed E-state index contributed by atoms with van der Waals surface area (Å²) in [5.74, 6) is 1.38. The van der Waals surface area contributed by atoms with Crippen LogP contribution in [0.4, 0.5) is 0 Å². The highest BCUT2D eigenvalue weighted by atomic mass is 15.0. The lowest BCUT2D eigenvalue weighted by molar-refractivity contribution is 1.00. The summed E-state index contributed by atoms with van der Waals surface area (Å²) < 4.78 is 0. The molecule has 1 aliphatic carbocycles. The molecule has 152 valence electrons. The normalized spacial score (nSPS) is 12.9. The van der Waals surface area contributed by atoms with Gasteiger partial charge in [-0.05, 0) is 51.9 Å². The first-order chi connectivity index (χ1) is 15.8. The standard InChI is InChI=1S/C29H21N3/c1-3-7-24-17-26(15-11-20(24)5-1)22-9-13-23(14-10-22)28-30-19-31-29(32-28)27-16-12-21-6-2-4-8-25(21)18-27/h1-10,12-14,16-19H,11,15H2. The van der Waals surface area contributed by atoms with Gasteiger partial charge in [-0.15, -0.1) is 0 Å². The molecule has 1 aliphatic rings. The fraction of sp³-hybridized carbons (Fsp3) is 0.0690. The lowest BCUT2D eigenvalue weighted by atomic mass is 9.88. The number of benzene rings is 4. The van der Waals surface area contributed by atoms with Gasteiger partial charge >= 0.3 is 0 Å². The number of aryl methyl sites for hydroxylation is 1. The van der Waals surface area contributed by atoms with Crippen LogP contribution in [0.25, 0.3) is 45.2 Å². The predicted molar refractivity (Wildman–Crippen MR) is 131 cm³/mol. The molecule has 0 amide bonds. The van der Waals surface area contributed by atoms with Crippen LogP contribution in [0.15, 0.2) is 97.3 Å². The van der Waals surface area contributed by atoms with Crippen molar-refractivity contribution < 1.29 is 0 Å². The Balaban J connectivity index is 1.31. The van der Waals surface area contributed by atoms with Crippen molar-refractivity contribution in [3.8, 4) is 22.8 Å². The maximum Gasteiger partial charge on any atom is 0.163 e. The zero-order valence-electron chi connectivity index (χ0n) is 17.6. The number of rotatable bonds is 3. The van der Waals surface area contributed by atoms with Crippen LogP contribution in [0.3, 0.4) is 0 Å². The average Bonchev–Trinajstić information content (AvgIpc) is 2.88. The van der Waals surface area contributed by atoms with Crippen LogP contribution in [0.2, 0.25) is 0 Å². The van der Waals surface area contributed by atoms with Crippen molar-refractivity contribution in [1.82, 2.24) is 15.0 Å². The molecular weight excluding hydrogens is 390 g/mol. The molecule has 1 aromatic heterocycles. The van der Waals surface area contributed by atoms with Gasteiger partial charge in [-0.2, -0.15) is 0 Å². The van der Waals surface area contributed by atoms with Crippen molar-refractivity contribution in [2.75, 3.05) is 0 Å². The third-order valence-electron chi connectivity index (χ3n) is 6.14. The molecule has 6 rings (SSSR count). The van der Waals surface area contributed by atoms with Gasteiger partial charge in [0.1, 0.15) is 6.33 Å². The van der Waals surface area contributed by atoms with Gasteiger partial charge in [0, 0.05) is 11.1 Å². The summed E-state index contributed by atoms with van der Waals surface area (Å²) in [5, 5.41) is 2.39. The topological polar surface area (TPSA) is 38.7 Å². The Morgan fingerprint density at radius 1 is 0.562 bits per heavy atom. The summed E-state index contributed by atoms with van der Waals surface area (Å²) in [6.45, 7) is 0. The number of allylic oxidation sites excluding steroid dienone is 1. The van der Waals surface area contributed by atoms with Gasteiger partial charge in [-0.1, -0.05) is 91.0 Å². The Hall–Kier alpha value is -4.11. The van der Waals surface area contributed by atoms with Gasteiger partial charge in [-0.25, -0.2) is 15.0 Å². The van der Waals surface area contributed by atoms with Crippen LogP contribution < -0.4 is 0 Å². The molecule has 0 aliphatic heterocycles. The van der Waals surface area contributed by atoms with Gasteiger partial charge in [-0.3, -0.25) is 0 Å². The first-order valence-corrected chi connectivity index (χ1v) is 10.9. The van der Waals surface area contributed by atoms with Crippen LogP contribution in [0.5, 0.6) is 0 Å². The highest BCUT2D eigenvalue weighted by molar-refractivity contribution is 5.87. The van der Waals surface area contributed by atoms with Gasteiger partial charge in [0.15, 0.2) is 11.6 Å². The molecule has 0 fully saturated rings. The largest absolute Gasteiger partial charge is 0.217 e. The van der Waals surface area contributed by atoms with Crippen LogP contribution >= 0.6 is 0 Å². The Bertz CT molecular complexity index is 1470. The maximum atomic E-state index is 4.76. The van der Waals surface area contributed by atoms with E-state index in [1.807, 2.05) is 6.07 Å². The lowest BCUT2D eigenvalue weighted by Gasteiger charge is -2.16. The summed E-state index contributed by atoms with van der Waals surface area (Å²) in [6, 6.07) is 31.8. The van der Waals surface area contributed by atoms with Crippen LogP contribution in [-0.2, 0) is 6.42 Å². The van der Waals surface area contributed by atoms with Crippen molar-refractivity contribution in [1.29, 1.82) is 0 Å². The van der Waals surface area contributed by atoms with Gasteiger partial charge in [0.25, 0.3) is 0 Å². The van der Waals surface area contributed by atoms with E-state index >= 15 is 0 Å². The minimum atomic E-state index is 0.691.